The van der Waals surface area contributed by atoms with E-state index in [1.54, 1.807) is 0 Å². The summed E-state index contributed by atoms with van der Waals surface area (Å²) in [6.07, 6.45) is 60.5. The minimum atomic E-state index is -0.685. The van der Waals surface area contributed by atoms with E-state index < -0.39 is 12.1 Å². The Bertz CT molecular complexity index is 924. The number of hydrogen-bond donors (Lipinski definition) is 3. The fourth-order valence-electron chi connectivity index (χ4n) is 8.75. The van der Waals surface area contributed by atoms with Crippen molar-refractivity contribution >= 4 is 11.9 Å². The number of carbonyl (C=O) groups excluding carboxylic acids is 2. The van der Waals surface area contributed by atoms with Crippen LogP contribution < -0.4 is 5.32 Å². The van der Waals surface area contributed by atoms with Gasteiger partial charge >= 0.3 is 5.97 Å². The van der Waals surface area contributed by atoms with Crippen molar-refractivity contribution in [3.63, 3.8) is 0 Å². The van der Waals surface area contributed by atoms with Crippen LogP contribution in [-0.2, 0) is 14.3 Å². The van der Waals surface area contributed by atoms with E-state index in [0.29, 0.717) is 25.9 Å². The molecule has 0 bridgehead atoms. The number of rotatable bonds is 52. The summed E-state index contributed by atoms with van der Waals surface area (Å²) in [6, 6.07) is -0.566. The quantitative estimate of drug-likeness (QED) is 0.0321. The van der Waals surface area contributed by atoms with Crippen LogP contribution in [0.4, 0.5) is 0 Å². The molecule has 0 aliphatic carbocycles. The van der Waals surface area contributed by atoms with Crippen LogP contribution in [0.2, 0.25) is 0 Å². The number of unbranched alkanes of at least 4 members (excludes halogenated alkanes) is 39. The van der Waals surface area contributed by atoms with Gasteiger partial charge in [0.2, 0.25) is 5.91 Å². The molecule has 0 radical (unpaired) electrons. The van der Waals surface area contributed by atoms with E-state index in [1.807, 2.05) is 0 Å². The summed E-state index contributed by atoms with van der Waals surface area (Å²) in [7, 11) is 0. The minimum Gasteiger partial charge on any atom is -0.466 e. The van der Waals surface area contributed by atoms with Crippen molar-refractivity contribution in [2.24, 2.45) is 0 Å². The molecule has 0 heterocycles. The Morgan fingerprint density at radius 2 is 0.758 bits per heavy atom. The molecule has 0 aromatic carbocycles. The van der Waals surface area contributed by atoms with Gasteiger partial charge in [0.15, 0.2) is 0 Å². The number of hydrogen-bond acceptors (Lipinski definition) is 5. The molecule has 0 aromatic heterocycles. The first kappa shape index (κ1) is 60.6. The van der Waals surface area contributed by atoms with E-state index in [-0.39, 0.29) is 18.5 Å². The highest BCUT2D eigenvalue weighted by Crippen LogP contribution is 2.17. The molecule has 0 aliphatic rings. The SMILES string of the molecule is CCCCCCCCCCCCCCCCCCCCCC(O)C(CO)NC(=O)CCCCCC/C=C\CCCCOC(=O)CCCCCCCCCCCCCCCCCC. The molecule has 2 unspecified atom stereocenters. The lowest BCUT2D eigenvalue weighted by Gasteiger charge is -2.22. The molecule has 0 rings (SSSR count). The molecule has 1 amide bonds. The van der Waals surface area contributed by atoms with Gasteiger partial charge in [-0.05, 0) is 51.4 Å². The van der Waals surface area contributed by atoms with Gasteiger partial charge in [0, 0.05) is 12.8 Å². The second-order valence-electron chi connectivity index (χ2n) is 19.3. The van der Waals surface area contributed by atoms with Crippen molar-refractivity contribution in [2.75, 3.05) is 13.2 Å². The van der Waals surface area contributed by atoms with Crippen LogP contribution in [-0.4, -0.2) is 47.4 Å². The van der Waals surface area contributed by atoms with Gasteiger partial charge in [0.05, 0.1) is 25.4 Å². The van der Waals surface area contributed by atoms with Gasteiger partial charge in [-0.1, -0.05) is 257 Å². The van der Waals surface area contributed by atoms with Gasteiger partial charge in [-0.3, -0.25) is 9.59 Å². The Morgan fingerprint density at radius 1 is 0.435 bits per heavy atom. The van der Waals surface area contributed by atoms with Crippen LogP contribution in [0.3, 0.4) is 0 Å². The van der Waals surface area contributed by atoms with Gasteiger partial charge in [-0.25, -0.2) is 0 Å². The van der Waals surface area contributed by atoms with E-state index in [2.05, 4.69) is 31.3 Å². The first-order valence-corrected chi connectivity index (χ1v) is 27.9. The smallest absolute Gasteiger partial charge is 0.305 e. The Hall–Kier alpha value is -1.40. The van der Waals surface area contributed by atoms with E-state index in [9.17, 15) is 19.8 Å². The zero-order chi connectivity index (χ0) is 45.1. The van der Waals surface area contributed by atoms with Crippen LogP contribution in [0.15, 0.2) is 12.2 Å². The summed E-state index contributed by atoms with van der Waals surface area (Å²) in [5, 5.41) is 23.3. The lowest BCUT2D eigenvalue weighted by atomic mass is 10.0. The number of nitrogens with one attached hydrogen (secondary N) is 1. The van der Waals surface area contributed by atoms with E-state index in [1.165, 1.54) is 199 Å². The number of aliphatic hydroxyl groups excluding tert-OH is 2. The molecule has 0 saturated carbocycles. The third-order valence-electron chi connectivity index (χ3n) is 13.1. The van der Waals surface area contributed by atoms with E-state index in [4.69, 9.17) is 4.74 Å². The standard InChI is InChI=1S/C56H109NO5/c1-3-5-7-9-11-13-15-17-19-21-22-23-24-26-28-32-36-40-44-48-54(59)53(52-58)57-55(60)49-45-41-37-33-30-31-35-39-43-47-51-62-56(61)50-46-42-38-34-29-27-25-20-18-16-14-12-10-8-6-4-2/h31,35,53-54,58-59H,3-30,32-34,36-52H2,1-2H3,(H,57,60)/b35-31-. The Balaban J connectivity index is 3.50. The Kier molecular flexibility index (Phi) is 51.0. The number of esters is 1. The summed E-state index contributed by atoms with van der Waals surface area (Å²) >= 11 is 0. The Labute approximate surface area is 387 Å². The molecule has 62 heavy (non-hydrogen) atoms. The maximum absolute atomic E-state index is 12.5. The molecule has 0 aliphatic heterocycles. The van der Waals surface area contributed by atoms with Crippen molar-refractivity contribution in [1.82, 2.24) is 5.32 Å². The first-order valence-electron chi connectivity index (χ1n) is 27.9. The topological polar surface area (TPSA) is 95.9 Å². The van der Waals surface area contributed by atoms with Crippen LogP contribution in [0.1, 0.15) is 309 Å². The Morgan fingerprint density at radius 3 is 1.15 bits per heavy atom. The highest BCUT2D eigenvalue weighted by molar-refractivity contribution is 5.76. The largest absolute Gasteiger partial charge is 0.466 e. The molecule has 6 nitrogen and oxygen atoms in total. The normalized spacial score (nSPS) is 12.6. The molecule has 3 N–H and O–H groups in total. The molecular formula is C56H109NO5. The van der Waals surface area contributed by atoms with Crippen LogP contribution in [0.5, 0.6) is 0 Å². The average molecular weight is 876 g/mol. The fourth-order valence-corrected chi connectivity index (χ4v) is 8.75. The third kappa shape index (κ3) is 48.1. The van der Waals surface area contributed by atoms with Crippen LogP contribution >= 0.6 is 0 Å². The maximum atomic E-state index is 12.5. The van der Waals surface area contributed by atoms with E-state index in [0.717, 1.165) is 77.0 Å². The second-order valence-corrected chi connectivity index (χ2v) is 19.3. The molecule has 6 heteroatoms. The number of ether oxygens (including phenoxy) is 1. The van der Waals surface area contributed by atoms with Crippen molar-refractivity contribution < 1.29 is 24.5 Å². The highest BCUT2D eigenvalue weighted by atomic mass is 16.5. The number of allylic oxidation sites excluding steroid dienone is 2. The van der Waals surface area contributed by atoms with Crippen molar-refractivity contribution in [1.29, 1.82) is 0 Å². The molecule has 368 valence electrons. The number of aliphatic hydroxyl groups is 2. The molecule has 2 atom stereocenters. The third-order valence-corrected chi connectivity index (χ3v) is 13.1. The summed E-state index contributed by atoms with van der Waals surface area (Å²) < 4.78 is 5.45. The van der Waals surface area contributed by atoms with Gasteiger partial charge in [-0.15, -0.1) is 0 Å². The van der Waals surface area contributed by atoms with E-state index >= 15 is 0 Å². The molecule has 0 fully saturated rings. The van der Waals surface area contributed by atoms with Gasteiger partial charge in [-0.2, -0.15) is 0 Å². The molecule has 0 saturated heterocycles. The zero-order valence-corrected chi connectivity index (χ0v) is 41.9. The first-order chi connectivity index (χ1) is 30.5. The zero-order valence-electron chi connectivity index (χ0n) is 41.9. The predicted octanol–water partition coefficient (Wildman–Crippen LogP) is 16.9. The average Bonchev–Trinajstić information content (AvgIpc) is 3.27. The van der Waals surface area contributed by atoms with Gasteiger partial charge in [0.1, 0.15) is 0 Å². The minimum absolute atomic E-state index is 0.0321. The fraction of sp³-hybridized carbons (Fsp3) is 0.929. The number of amides is 1. The maximum Gasteiger partial charge on any atom is 0.305 e. The molecule has 0 aromatic rings. The summed E-state index contributed by atoms with van der Waals surface area (Å²) in [5.41, 5.74) is 0. The van der Waals surface area contributed by atoms with Crippen LogP contribution in [0.25, 0.3) is 0 Å². The van der Waals surface area contributed by atoms with Gasteiger partial charge in [0.25, 0.3) is 0 Å². The monoisotopic (exact) mass is 876 g/mol. The molecule has 0 spiro atoms. The number of carbonyl (C=O) groups is 2. The predicted molar refractivity (Wildman–Crippen MR) is 269 cm³/mol. The second kappa shape index (κ2) is 52.2. The summed E-state index contributed by atoms with van der Waals surface area (Å²) in [5.74, 6) is -0.0996. The molecular weight excluding hydrogens is 767 g/mol. The van der Waals surface area contributed by atoms with Crippen molar-refractivity contribution in [2.45, 2.75) is 321 Å². The van der Waals surface area contributed by atoms with Crippen LogP contribution in [0, 0.1) is 0 Å². The lowest BCUT2D eigenvalue weighted by molar-refractivity contribution is -0.143. The highest BCUT2D eigenvalue weighted by Gasteiger charge is 2.20. The summed E-state index contributed by atoms with van der Waals surface area (Å²) in [6.45, 7) is 4.89. The van der Waals surface area contributed by atoms with Crippen molar-refractivity contribution in [3.8, 4) is 0 Å². The van der Waals surface area contributed by atoms with Gasteiger partial charge < -0.3 is 20.3 Å². The van der Waals surface area contributed by atoms with Crippen molar-refractivity contribution in [3.05, 3.63) is 12.2 Å². The lowest BCUT2D eigenvalue weighted by Crippen LogP contribution is -2.45. The summed E-state index contributed by atoms with van der Waals surface area (Å²) in [4.78, 5) is 24.5.